The summed E-state index contributed by atoms with van der Waals surface area (Å²) in [5.41, 5.74) is 0. The highest BCUT2D eigenvalue weighted by Gasteiger charge is 2.08. The van der Waals surface area contributed by atoms with E-state index in [2.05, 4.69) is 20.8 Å². The standard InChI is InChI=1S/C8H11ClN4O3/c1-5-11-6(13-16-5)4-10-8(15)12-7(14)2-3-9/h2-4H2,1H3,(H2,10,12,14,15). The molecule has 3 amide bonds. The number of hydrogen-bond donors (Lipinski definition) is 2. The van der Waals surface area contributed by atoms with Crippen molar-refractivity contribution in [3.63, 3.8) is 0 Å². The van der Waals surface area contributed by atoms with Gasteiger partial charge in [0.05, 0.1) is 6.54 Å². The van der Waals surface area contributed by atoms with Crippen LogP contribution in [-0.2, 0) is 11.3 Å². The first-order valence-electron chi connectivity index (χ1n) is 4.54. The summed E-state index contributed by atoms with van der Waals surface area (Å²) in [5.74, 6) is 0.494. The molecule has 0 spiro atoms. The molecule has 1 heterocycles. The second-order valence-corrected chi connectivity index (χ2v) is 3.28. The summed E-state index contributed by atoms with van der Waals surface area (Å²) < 4.78 is 4.70. The molecule has 0 bridgehead atoms. The number of carbonyl (C=O) groups is 2. The van der Waals surface area contributed by atoms with E-state index in [1.165, 1.54) is 0 Å². The van der Waals surface area contributed by atoms with Gasteiger partial charge in [-0.15, -0.1) is 11.6 Å². The first-order chi connectivity index (χ1) is 7.61. The Balaban J connectivity index is 2.27. The lowest BCUT2D eigenvalue weighted by molar-refractivity contribution is -0.119. The number of nitrogens with zero attached hydrogens (tertiary/aromatic N) is 2. The molecule has 0 aliphatic carbocycles. The first kappa shape index (κ1) is 12.4. The highest BCUT2D eigenvalue weighted by atomic mass is 35.5. The molecule has 0 unspecified atom stereocenters. The van der Waals surface area contributed by atoms with Gasteiger partial charge >= 0.3 is 6.03 Å². The number of aryl methyl sites for hydroxylation is 1. The third-order valence-corrected chi connectivity index (χ3v) is 1.74. The van der Waals surface area contributed by atoms with Gasteiger partial charge in [0, 0.05) is 19.2 Å². The molecule has 0 aliphatic heterocycles. The van der Waals surface area contributed by atoms with Crippen molar-refractivity contribution >= 4 is 23.5 Å². The van der Waals surface area contributed by atoms with Crippen LogP contribution in [0.2, 0.25) is 0 Å². The fourth-order valence-electron chi connectivity index (χ4n) is 0.892. The van der Waals surface area contributed by atoms with Crippen molar-refractivity contribution in [2.45, 2.75) is 19.9 Å². The van der Waals surface area contributed by atoms with Crippen LogP contribution in [0.4, 0.5) is 4.79 Å². The highest BCUT2D eigenvalue weighted by molar-refractivity contribution is 6.19. The minimum atomic E-state index is -0.613. The second-order valence-electron chi connectivity index (χ2n) is 2.90. The minimum absolute atomic E-state index is 0.0935. The molecule has 88 valence electrons. The van der Waals surface area contributed by atoms with Gasteiger partial charge < -0.3 is 9.84 Å². The lowest BCUT2D eigenvalue weighted by Crippen LogP contribution is -2.39. The van der Waals surface area contributed by atoms with Crippen LogP contribution in [0.1, 0.15) is 18.1 Å². The van der Waals surface area contributed by atoms with Gasteiger partial charge in [-0.05, 0) is 0 Å². The molecule has 0 aromatic carbocycles. The lowest BCUT2D eigenvalue weighted by Gasteiger charge is -2.03. The summed E-state index contributed by atoms with van der Waals surface area (Å²) in [7, 11) is 0. The molecule has 0 atom stereocenters. The molecule has 0 fully saturated rings. The Labute approximate surface area is 96.5 Å². The third kappa shape index (κ3) is 4.26. The number of halogens is 1. The molecular weight excluding hydrogens is 236 g/mol. The molecular formula is C8H11ClN4O3. The summed E-state index contributed by atoms with van der Waals surface area (Å²) in [5, 5.41) is 8.07. The molecule has 8 heteroatoms. The van der Waals surface area contributed by atoms with Crippen molar-refractivity contribution in [1.82, 2.24) is 20.8 Å². The van der Waals surface area contributed by atoms with Crippen molar-refractivity contribution in [2.75, 3.05) is 5.88 Å². The van der Waals surface area contributed by atoms with Gasteiger partial charge in [0.1, 0.15) is 0 Å². The van der Waals surface area contributed by atoms with Crippen molar-refractivity contribution in [3.8, 4) is 0 Å². The average Bonchev–Trinajstić information content (AvgIpc) is 2.61. The van der Waals surface area contributed by atoms with E-state index >= 15 is 0 Å². The Morgan fingerprint density at radius 2 is 2.25 bits per heavy atom. The van der Waals surface area contributed by atoms with Crippen molar-refractivity contribution in [2.24, 2.45) is 0 Å². The van der Waals surface area contributed by atoms with E-state index in [0.717, 1.165) is 0 Å². The van der Waals surface area contributed by atoms with Gasteiger partial charge in [-0.2, -0.15) is 4.98 Å². The maximum atomic E-state index is 11.1. The van der Waals surface area contributed by atoms with Gasteiger partial charge in [0.2, 0.25) is 11.8 Å². The lowest BCUT2D eigenvalue weighted by atomic mass is 10.4. The Hall–Kier alpha value is -1.63. The van der Waals surface area contributed by atoms with Crippen LogP contribution in [-0.4, -0.2) is 28.0 Å². The van der Waals surface area contributed by atoms with Crippen LogP contribution in [0.15, 0.2) is 4.52 Å². The zero-order valence-electron chi connectivity index (χ0n) is 8.62. The van der Waals surface area contributed by atoms with E-state index in [4.69, 9.17) is 16.1 Å². The quantitative estimate of drug-likeness (QED) is 0.747. The van der Waals surface area contributed by atoms with Crippen LogP contribution in [0.3, 0.4) is 0 Å². The van der Waals surface area contributed by atoms with Crippen LogP contribution < -0.4 is 10.6 Å². The minimum Gasteiger partial charge on any atom is -0.340 e. The van der Waals surface area contributed by atoms with Crippen LogP contribution in [0.5, 0.6) is 0 Å². The van der Waals surface area contributed by atoms with Gasteiger partial charge in [-0.3, -0.25) is 10.1 Å². The number of alkyl halides is 1. The number of aromatic nitrogens is 2. The fraction of sp³-hybridized carbons (Fsp3) is 0.500. The summed E-state index contributed by atoms with van der Waals surface area (Å²) in [6.07, 6.45) is 0.0935. The molecule has 0 saturated heterocycles. The number of urea groups is 1. The van der Waals surface area contributed by atoms with E-state index in [9.17, 15) is 9.59 Å². The number of amides is 3. The van der Waals surface area contributed by atoms with Gasteiger partial charge in [-0.1, -0.05) is 5.16 Å². The van der Waals surface area contributed by atoms with E-state index in [1.807, 2.05) is 0 Å². The molecule has 0 radical (unpaired) electrons. The average molecular weight is 247 g/mol. The van der Waals surface area contributed by atoms with Crippen LogP contribution in [0, 0.1) is 6.92 Å². The Morgan fingerprint density at radius 1 is 1.50 bits per heavy atom. The summed E-state index contributed by atoms with van der Waals surface area (Å²) >= 11 is 5.33. The van der Waals surface area contributed by atoms with E-state index in [0.29, 0.717) is 11.7 Å². The van der Waals surface area contributed by atoms with Gasteiger partial charge in [-0.25, -0.2) is 4.79 Å². The number of imide groups is 1. The number of carbonyl (C=O) groups excluding carboxylic acids is 2. The van der Waals surface area contributed by atoms with Crippen molar-refractivity contribution in [3.05, 3.63) is 11.7 Å². The SMILES string of the molecule is Cc1nc(CNC(=O)NC(=O)CCCl)no1. The second kappa shape index (κ2) is 6.06. The number of hydrogen-bond acceptors (Lipinski definition) is 5. The number of nitrogens with one attached hydrogen (secondary N) is 2. The maximum Gasteiger partial charge on any atom is 0.321 e. The summed E-state index contributed by atoms with van der Waals surface area (Å²) in [6.45, 7) is 1.73. The summed E-state index contributed by atoms with van der Waals surface area (Å²) in [6, 6.07) is -0.613. The fourth-order valence-corrected chi connectivity index (χ4v) is 1.06. The van der Waals surface area contributed by atoms with Gasteiger partial charge in [0.25, 0.3) is 0 Å². The topological polar surface area (TPSA) is 97.1 Å². The molecule has 7 nitrogen and oxygen atoms in total. The monoisotopic (exact) mass is 246 g/mol. The molecule has 0 aliphatic rings. The third-order valence-electron chi connectivity index (χ3n) is 1.55. The smallest absolute Gasteiger partial charge is 0.321 e. The highest BCUT2D eigenvalue weighted by Crippen LogP contribution is 1.93. The molecule has 1 aromatic heterocycles. The zero-order valence-corrected chi connectivity index (χ0v) is 9.37. The normalized spacial score (nSPS) is 9.88. The molecule has 1 aromatic rings. The van der Waals surface area contributed by atoms with Crippen molar-refractivity contribution < 1.29 is 14.1 Å². The Morgan fingerprint density at radius 3 is 2.81 bits per heavy atom. The molecule has 2 N–H and O–H groups in total. The van der Waals surface area contributed by atoms with Crippen LogP contribution in [0.25, 0.3) is 0 Å². The predicted octanol–water partition coefficient (Wildman–Crippen LogP) is 0.333. The largest absolute Gasteiger partial charge is 0.340 e. The van der Waals surface area contributed by atoms with E-state index in [1.54, 1.807) is 6.92 Å². The predicted molar refractivity (Wildman–Crippen MR) is 54.8 cm³/mol. The zero-order chi connectivity index (χ0) is 12.0. The van der Waals surface area contributed by atoms with Crippen LogP contribution >= 0.6 is 11.6 Å². The first-order valence-corrected chi connectivity index (χ1v) is 5.08. The van der Waals surface area contributed by atoms with E-state index < -0.39 is 11.9 Å². The summed E-state index contributed by atoms with van der Waals surface area (Å²) in [4.78, 5) is 26.0. The molecule has 16 heavy (non-hydrogen) atoms. The molecule has 1 rings (SSSR count). The number of rotatable bonds is 4. The molecule has 0 saturated carbocycles. The van der Waals surface area contributed by atoms with E-state index in [-0.39, 0.29) is 18.8 Å². The van der Waals surface area contributed by atoms with Gasteiger partial charge in [0.15, 0.2) is 5.82 Å². The van der Waals surface area contributed by atoms with Crippen molar-refractivity contribution in [1.29, 1.82) is 0 Å². The maximum absolute atomic E-state index is 11.1. The Bertz CT molecular complexity index is 379. The Kier molecular flexibility index (Phi) is 4.71.